The highest BCUT2D eigenvalue weighted by molar-refractivity contribution is 5.34. The monoisotopic (exact) mass is 310 g/mol. The van der Waals surface area contributed by atoms with Gasteiger partial charge in [-0.05, 0) is 48.6 Å². The Balaban J connectivity index is 1.94. The van der Waals surface area contributed by atoms with Crippen molar-refractivity contribution in [2.24, 2.45) is 0 Å². The predicted molar refractivity (Wildman–Crippen MR) is 99.4 cm³/mol. The molecule has 0 aliphatic heterocycles. The van der Waals surface area contributed by atoms with E-state index in [0.29, 0.717) is 5.92 Å². The van der Waals surface area contributed by atoms with E-state index in [1.165, 1.54) is 50.5 Å². The number of para-hydroxylation sites is 1. The Kier molecular flexibility index (Phi) is 7.72. The molecule has 1 unspecified atom stereocenters. The van der Waals surface area contributed by atoms with Crippen LogP contribution in [0.4, 0.5) is 0 Å². The molecule has 2 rings (SSSR count). The second-order valence-corrected chi connectivity index (χ2v) is 6.32. The van der Waals surface area contributed by atoms with Crippen LogP contribution >= 0.6 is 0 Å². The zero-order chi connectivity index (χ0) is 16.3. The molecule has 0 saturated carbocycles. The minimum atomic E-state index is 0.697. The zero-order valence-electron chi connectivity index (χ0n) is 14.6. The summed E-state index contributed by atoms with van der Waals surface area (Å²) in [6.07, 6.45) is 9.23. The van der Waals surface area contributed by atoms with Crippen molar-refractivity contribution in [2.45, 2.75) is 64.7 Å². The molecule has 0 N–H and O–H groups in total. The molecule has 0 aromatic heterocycles. The van der Waals surface area contributed by atoms with Crippen molar-refractivity contribution < 1.29 is 4.74 Å². The molecule has 0 amide bonds. The second kappa shape index (κ2) is 10.1. The maximum Gasteiger partial charge on any atom is 0.127 e. The van der Waals surface area contributed by atoms with Crippen molar-refractivity contribution >= 4 is 0 Å². The Morgan fingerprint density at radius 1 is 0.696 bits per heavy atom. The molecule has 2 aromatic rings. The van der Waals surface area contributed by atoms with Gasteiger partial charge in [0.05, 0.1) is 0 Å². The van der Waals surface area contributed by atoms with E-state index in [1.54, 1.807) is 0 Å². The van der Waals surface area contributed by atoms with E-state index >= 15 is 0 Å². The largest absolute Gasteiger partial charge is 0.457 e. The average molecular weight is 310 g/mol. The molecule has 124 valence electrons. The molecule has 23 heavy (non-hydrogen) atoms. The minimum absolute atomic E-state index is 0.697. The highest BCUT2D eigenvalue weighted by Crippen LogP contribution is 2.30. The van der Waals surface area contributed by atoms with Crippen LogP contribution < -0.4 is 4.74 Å². The normalized spacial score (nSPS) is 12.1. The van der Waals surface area contributed by atoms with E-state index in [4.69, 9.17) is 4.74 Å². The molecule has 0 heterocycles. The average Bonchev–Trinajstić information content (AvgIpc) is 2.59. The predicted octanol–water partition coefficient (Wildman–Crippen LogP) is 7.33. The van der Waals surface area contributed by atoms with Gasteiger partial charge in [-0.15, -0.1) is 0 Å². The third-order valence-electron chi connectivity index (χ3n) is 4.37. The topological polar surface area (TPSA) is 9.23 Å². The highest BCUT2D eigenvalue weighted by atomic mass is 16.5. The number of hydrogen-bond donors (Lipinski definition) is 0. The maximum absolute atomic E-state index is 5.89. The lowest BCUT2D eigenvalue weighted by atomic mass is 9.89. The first kappa shape index (κ1) is 17.6. The quantitative estimate of drug-likeness (QED) is 0.417. The number of hydrogen-bond acceptors (Lipinski definition) is 1. The lowest BCUT2D eigenvalue weighted by Crippen LogP contribution is -1.99. The van der Waals surface area contributed by atoms with Crippen LogP contribution in [-0.2, 0) is 0 Å². The summed E-state index contributed by atoms with van der Waals surface area (Å²) < 4.78 is 5.89. The van der Waals surface area contributed by atoms with E-state index in [-0.39, 0.29) is 0 Å². The van der Waals surface area contributed by atoms with E-state index < -0.39 is 0 Å². The molecule has 0 saturated heterocycles. The fraction of sp³-hybridized carbons (Fsp3) is 0.455. The second-order valence-electron chi connectivity index (χ2n) is 6.32. The zero-order valence-corrected chi connectivity index (χ0v) is 14.6. The van der Waals surface area contributed by atoms with Crippen LogP contribution in [0.5, 0.6) is 11.5 Å². The van der Waals surface area contributed by atoms with Crippen molar-refractivity contribution in [1.82, 2.24) is 0 Å². The molecule has 1 atom stereocenters. The van der Waals surface area contributed by atoms with Crippen LogP contribution in [0, 0.1) is 0 Å². The highest BCUT2D eigenvalue weighted by Gasteiger charge is 2.10. The van der Waals surface area contributed by atoms with Gasteiger partial charge in [0, 0.05) is 0 Å². The van der Waals surface area contributed by atoms with Crippen LogP contribution in [0.15, 0.2) is 54.6 Å². The van der Waals surface area contributed by atoms with Crippen LogP contribution in [0.2, 0.25) is 0 Å². The fourth-order valence-corrected chi connectivity index (χ4v) is 3.08. The first-order valence-corrected chi connectivity index (χ1v) is 9.16. The van der Waals surface area contributed by atoms with Gasteiger partial charge in [-0.1, -0.05) is 76.3 Å². The summed E-state index contributed by atoms with van der Waals surface area (Å²) in [4.78, 5) is 0. The first-order chi connectivity index (χ1) is 11.3. The van der Waals surface area contributed by atoms with E-state index in [9.17, 15) is 0 Å². The Labute approximate surface area is 141 Å². The molecule has 1 heteroatoms. The lowest BCUT2D eigenvalue weighted by molar-refractivity contribution is 0.481. The van der Waals surface area contributed by atoms with E-state index in [0.717, 1.165) is 11.5 Å². The molecule has 0 aliphatic rings. The van der Waals surface area contributed by atoms with Gasteiger partial charge in [-0.2, -0.15) is 0 Å². The van der Waals surface area contributed by atoms with Gasteiger partial charge in [-0.3, -0.25) is 0 Å². The maximum atomic E-state index is 5.89. The van der Waals surface area contributed by atoms with Crippen LogP contribution in [-0.4, -0.2) is 0 Å². The summed E-state index contributed by atoms with van der Waals surface area (Å²) in [6, 6.07) is 18.7. The van der Waals surface area contributed by atoms with Crippen LogP contribution in [0.25, 0.3) is 0 Å². The Morgan fingerprint density at radius 3 is 2.04 bits per heavy atom. The third kappa shape index (κ3) is 6.09. The lowest BCUT2D eigenvalue weighted by Gasteiger charge is -2.17. The van der Waals surface area contributed by atoms with Gasteiger partial charge in [0.15, 0.2) is 0 Å². The van der Waals surface area contributed by atoms with E-state index in [2.05, 4.69) is 38.1 Å². The van der Waals surface area contributed by atoms with Gasteiger partial charge in [0.1, 0.15) is 11.5 Å². The molecular weight excluding hydrogens is 280 g/mol. The van der Waals surface area contributed by atoms with Gasteiger partial charge >= 0.3 is 0 Å². The molecule has 0 aliphatic carbocycles. The fourth-order valence-electron chi connectivity index (χ4n) is 3.08. The summed E-state index contributed by atoms with van der Waals surface area (Å²) in [5.74, 6) is 2.51. The summed E-state index contributed by atoms with van der Waals surface area (Å²) in [7, 11) is 0. The standard InChI is InChI=1S/C22H30O/c1-3-5-6-8-12-19(11-4-2)20-15-17-22(18-16-20)23-21-13-9-7-10-14-21/h7,9-10,13-19H,3-6,8,11-12H2,1-2H3. The molecule has 2 aromatic carbocycles. The SMILES string of the molecule is CCCCCCC(CCC)c1ccc(Oc2ccccc2)cc1. The van der Waals surface area contributed by atoms with Crippen molar-refractivity contribution in [3.05, 3.63) is 60.2 Å². The first-order valence-electron chi connectivity index (χ1n) is 9.16. The number of benzene rings is 2. The molecular formula is C22H30O. The van der Waals surface area contributed by atoms with Crippen LogP contribution in [0.1, 0.15) is 70.3 Å². The van der Waals surface area contributed by atoms with Crippen molar-refractivity contribution in [1.29, 1.82) is 0 Å². The molecule has 0 spiro atoms. The summed E-state index contributed by atoms with van der Waals surface area (Å²) in [5, 5.41) is 0. The van der Waals surface area contributed by atoms with Crippen molar-refractivity contribution in [3.8, 4) is 11.5 Å². The van der Waals surface area contributed by atoms with Crippen molar-refractivity contribution in [3.63, 3.8) is 0 Å². The van der Waals surface area contributed by atoms with Gasteiger partial charge in [0.2, 0.25) is 0 Å². The number of unbranched alkanes of at least 4 members (excludes halogenated alkanes) is 3. The minimum Gasteiger partial charge on any atom is -0.457 e. The smallest absolute Gasteiger partial charge is 0.127 e. The molecule has 1 nitrogen and oxygen atoms in total. The van der Waals surface area contributed by atoms with E-state index in [1.807, 2.05) is 30.3 Å². The molecule has 0 bridgehead atoms. The third-order valence-corrected chi connectivity index (χ3v) is 4.37. The van der Waals surface area contributed by atoms with Gasteiger partial charge in [-0.25, -0.2) is 0 Å². The van der Waals surface area contributed by atoms with Gasteiger partial charge < -0.3 is 4.74 Å². The summed E-state index contributed by atoms with van der Waals surface area (Å²) >= 11 is 0. The Bertz CT molecular complexity index is 530. The van der Waals surface area contributed by atoms with Gasteiger partial charge in [0.25, 0.3) is 0 Å². The number of ether oxygens (including phenoxy) is 1. The van der Waals surface area contributed by atoms with Crippen molar-refractivity contribution in [2.75, 3.05) is 0 Å². The molecule has 0 fully saturated rings. The molecule has 0 radical (unpaired) electrons. The van der Waals surface area contributed by atoms with Crippen LogP contribution in [0.3, 0.4) is 0 Å². The Hall–Kier alpha value is -1.76. The summed E-state index contributed by atoms with van der Waals surface area (Å²) in [6.45, 7) is 4.56. The Morgan fingerprint density at radius 2 is 1.39 bits per heavy atom. The number of rotatable bonds is 10. The summed E-state index contributed by atoms with van der Waals surface area (Å²) in [5.41, 5.74) is 1.46.